The normalized spacial score (nSPS) is 15.1. The van der Waals surface area contributed by atoms with Crippen LogP contribution in [0.25, 0.3) is 11.4 Å². The molecule has 0 aliphatic heterocycles. The van der Waals surface area contributed by atoms with Gasteiger partial charge >= 0.3 is 0 Å². The van der Waals surface area contributed by atoms with Gasteiger partial charge in [0.15, 0.2) is 0 Å². The lowest BCUT2D eigenvalue weighted by Crippen LogP contribution is -2.24. The number of benzene rings is 1. The molecule has 6 nitrogen and oxygen atoms in total. The highest BCUT2D eigenvalue weighted by Gasteiger charge is 2.24. The smallest absolute Gasteiger partial charge is 0.243 e. The molecule has 152 valence electrons. The van der Waals surface area contributed by atoms with Crippen LogP contribution in [0.4, 0.5) is 8.78 Å². The molecule has 4 rings (SSSR count). The predicted molar refractivity (Wildman–Crippen MR) is 103 cm³/mol. The fourth-order valence-corrected chi connectivity index (χ4v) is 4.66. The minimum absolute atomic E-state index is 0.112. The average Bonchev–Trinajstić information content (AvgIpc) is 3.36. The first-order valence-corrected chi connectivity index (χ1v) is 10.9. The predicted octanol–water partition coefficient (Wildman–Crippen LogP) is 3.82. The second kappa shape index (κ2) is 8.00. The number of hydrogen-bond donors (Lipinski definition) is 1. The molecule has 2 aromatic heterocycles. The van der Waals surface area contributed by atoms with Crippen molar-refractivity contribution in [2.24, 2.45) is 0 Å². The maximum atomic E-state index is 13.9. The highest BCUT2D eigenvalue weighted by Crippen LogP contribution is 2.33. The standard InChI is InChI=1S/C20H20F2N4O2S/c21-14-8-9-20(17(22)11-14)29(27,28)24-13-15-12-19(18-7-3-4-10-23-18)26(25-15)16-5-1-2-6-16/h3-4,7-12,16,24H,1-2,5-6,13H2. The summed E-state index contributed by atoms with van der Waals surface area (Å²) < 4.78 is 56.1. The van der Waals surface area contributed by atoms with E-state index in [4.69, 9.17) is 0 Å². The topological polar surface area (TPSA) is 76.9 Å². The molecule has 0 bridgehead atoms. The Balaban J connectivity index is 1.60. The number of aromatic nitrogens is 3. The van der Waals surface area contributed by atoms with Crippen molar-refractivity contribution in [1.82, 2.24) is 19.5 Å². The van der Waals surface area contributed by atoms with E-state index in [9.17, 15) is 17.2 Å². The van der Waals surface area contributed by atoms with Gasteiger partial charge in [-0.15, -0.1) is 0 Å². The molecule has 2 heterocycles. The number of hydrogen-bond acceptors (Lipinski definition) is 4. The van der Waals surface area contributed by atoms with Gasteiger partial charge in [0.25, 0.3) is 0 Å². The van der Waals surface area contributed by atoms with Crippen molar-refractivity contribution in [2.75, 3.05) is 0 Å². The molecule has 3 aromatic rings. The quantitative estimate of drug-likeness (QED) is 0.660. The van der Waals surface area contributed by atoms with Gasteiger partial charge < -0.3 is 0 Å². The van der Waals surface area contributed by atoms with Crippen LogP contribution < -0.4 is 4.72 Å². The van der Waals surface area contributed by atoms with E-state index >= 15 is 0 Å². The van der Waals surface area contributed by atoms with Gasteiger partial charge in [0.2, 0.25) is 10.0 Å². The Morgan fingerprint density at radius 3 is 2.59 bits per heavy atom. The van der Waals surface area contributed by atoms with E-state index in [0.29, 0.717) is 11.8 Å². The second-order valence-corrected chi connectivity index (χ2v) is 8.75. The summed E-state index contributed by atoms with van der Waals surface area (Å²) in [5.74, 6) is -1.97. The van der Waals surface area contributed by atoms with Crippen LogP contribution in [0.2, 0.25) is 0 Å². The van der Waals surface area contributed by atoms with Crippen molar-refractivity contribution in [3.05, 3.63) is 66.0 Å². The third-order valence-corrected chi connectivity index (χ3v) is 6.45. The van der Waals surface area contributed by atoms with E-state index in [0.717, 1.165) is 49.2 Å². The maximum absolute atomic E-state index is 13.9. The second-order valence-electron chi connectivity index (χ2n) is 7.02. The van der Waals surface area contributed by atoms with Gasteiger partial charge in [0.05, 0.1) is 29.7 Å². The molecule has 1 aliphatic carbocycles. The average molecular weight is 418 g/mol. The first-order valence-electron chi connectivity index (χ1n) is 9.38. The van der Waals surface area contributed by atoms with Crippen LogP contribution in [-0.2, 0) is 16.6 Å². The minimum atomic E-state index is -4.15. The zero-order valence-electron chi connectivity index (χ0n) is 15.6. The summed E-state index contributed by atoms with van der Waals surface area (Å²) in [4.78, 5) is 3.79. The van der Waals surface area contributed by atoms with E-state index in [1.807, 2.05) is 22.9 Å². The number of halogens is 2. The van der Waals surface area contributed by atoms with Crippen LogP contribution in [0, 0.1) is 11.6 Å². The molecule has 1 aliphatic rings. The maximum Gasteiger partial charge on any atom is 0.243 e. The zero-order valence-corrected chi connectivity index (χ0v) is 16.4. The summed E-state index contributed by atoms with van der Waals surface area (Å²) in [6.45, 7) is -0.112. The third-order valence-electron chi connectivity index (χ3n) is 5.01. The Morgan fingerprint density at radius 1 is 1.10 bits per heavy atom. The van der Waals surface area contributed by atoms with E-state index in [1.165, 1.54) is 0 Å². The van der Waals surface area contributed by atoms with Crippen LogP contribution in [-0.4, -0.2) is 23.2 Å². The molecule has 0 unspecified atom stereocenters. The van der Waals surface area contributed by atoms with Crippen molar-refractivity contribution >= 4 is 10.0 Å². The van der Waals surface area contributed by atoms with Crippen LogP contribution in [0.5, 0.6) is 0 Å². The molecular weight excluding hydrogens is 398 g/mol. The van der Waals surface area contributed by atoms with Crippen molar-refractivity contribution in [2.45, 2.75) is 43.2 Å². The Labute approximate surface area is 167 Å². The highest BCUT2D eigenvalue weighted by atomic mass is 32.2. The first kappa shape index (κ1) is 19.7. The van der Waals surface area contributed by atoms with Crippen LogP contribution in [0.15, 0.2) is 53.6 Å². The molecule has 0 radical (unpaired) electrons. The molecule has 1 saturated carbocycles. The molecule has 0 atom stereocenters. The zero-order chi connectivity index (χ0) is 20.4. The van der Waals surface area contributed by atoms with Gasteiger partial charge in [-0.3, -0.25) is 9.67 Å². The van der Waals surface area contributed by atoms with Crippen molar-refractivity contribution < 1.29 is 17.2 Å². The SMILES string of the molecule is O=S(=O)(NCc1cc(-c2ccccn2)n(C2CCCC2)n1)c1ccc(F)cc1F. The van der Waals surface area contributed by atoms with Gasteiger partial charge in [-0.25, -0.2) is 21.9 Å². The summed E-state index contributed by atoms with van der Waals surface area (Å²) in [5.41, 5.74) is 2.08. The molecule has 1 fully saturated rings. The van der Waals surface area contributed by atoms with Gasteiger partial charge in [0.1, 0.15) is 16.5 Å². The van der Waals surface area contributed by atoms with E-state index < -0.39 is 26.6 Å². The fraction of sp³-hybridized carbons (Fsp3) is 0.300. The number of nitrogens with zero attached hydrogens (tertiary/aromatic N) is 3. The van der Waals surface area contributed by atoms with Gasteiger partial charge in [-0.1, -0.05) is 18.9 Å². The summed E-state index contributed by atoms with van der Waals surface area (Å²) >= 11 is 0. The van der Waals surface area contributed by atoms with E-state index in [-0.39, 0.29) is 12.6 Å². The Hall–Kier alpha value is -2.65. The van der Waals surface area contributed by atoms with Crippen molar-refractivity contribution in [1.29, 1.82) is 0 Å². The first-order chi connectivity index (χ1) is 13.9. The molecular formula is C20H20F2N4O2S. The molecule has 0 spiro atoms. The van der Waals surface area contributed by atoms with Gasteiger partial charge in [-0.2, -0.15) is 5.10 Å². The monoisotopic (exact) mass is 418 g/mol. The van der Waals surface area contributed by atoms with Crippen molar-refractivity contribution in [3.63, 3.8) is 0 Å². The summed E-state index contributed by atoms with van der Waals surface area (Å²) in [6.07, 6.45) is 5.96. The van der Waals surface area contributed by atoms with Crippen LogP contribution >= 0.6 is 0 Å². The van der Waals surface area contributed by atoms with Crippen LogP contribution in [0.3, 0.4) is 0 Å². The number of nitrogens with one attached hydrogen (secondary N) is 1. The molecule has 9 heteroatoms. The highest BCUT2D eigenvalue weighted by molar-refractivity contribution is 7.89. The van der Waals surface area contributed by atoms with E-state index in [1.54, 1.807) is 12.3 Å². The Morgan fingerprint density at radius 2 is 1.90 bits per heavy atom. The van der Waals surface area contributed by atoms with Crippen molar-refractivity contribution in [3.8, 4) is 11.4 Å². The molecule has 0 saturated heterocycles. The lowest BCUT2D eigenvalue weighted by molar-refractivity contribution is 0.466. The summed E-state index contributed by atoms with van der Waals surface area (Å²) in [7, 11) is -4.15. The Kier molecular flexibility index (Phi) is 5.42. The van der Waals surface area contributed by atoms with E-state index in [2.05, 4.69) is 14.8 Å². The minimum Gasteiger partial charge on any atom is -0.260 e. The molecule has 29 heavy (non-hydrogen) atoms. The lowest BCUT2D eigenvalue weighted by atomic mass is 10.2. The fourth-order valence-electron chi connectivity index (χ4n) is 3.60. The molecule has 0 amide bonds. The van der Waals surface area contributed by atoms with Gasteiger partial charge in [-0.05, 0) is 43.2 Å². The van der Waals surface area contributed by atoms with Crippen LogP contribution in [0.1, 0.15) is 37.4 Å². The summed E-state index contributed by atoms with van der Waals surface area (Å²) in [6, 6.07) is 9.98. The van der Waals surface area contributed by atoms with Gasteiger partial charge in [0, 0.05) is 12.3 Å². The number of sulfonamides is 1. The Bertz CT molecular complexity index is 1110. The number of pyridine rings is 1. The molecule has 1 aromatic carbocycles. The lowest BCUT2D eigenvalue weighted by Gasteiger charge is -2.13. The molecule has 1 N–H and O–H groups in total. The largest absolute Gasteiger partial charge is 0.260 e. The summed E-state index contributed by atoms with van der Waals surface area (Å²) in [5, 5.41) is 4.60. The number of rotatable bonds is 6. The third kappa shape index (κ3) is 4.20.